The lowest BCUT2D eigenvalue weighted by molar-refractivity contribution is -0.119. The Kier molecular flexibility index (Phi) is 6.87. The van der Waals surface area contributed by atoms with Crippen LogP contribution in [0.5, 0.6) is 5.75 Å². The third-order valence-corrected chi connectivity index (χ3v) is 6.70. The molecule has 0 aliphatic carbocycles. The third-order valence-electron chi connectivity index (χ3n) is 4.37. The van der Waals surface area contributed by atoms with Crippen molar-refractivity contribution in [2.45, 2.75) is 17.7 Å². The molecule has 11 heteroatoms. The number of nitrogens with zero attached hydrogens (tertiary/aromatic N) is 1. The summed E-state index contributed by atoms with van der Waals surface area (Å²) >= 11 is 11.7. The first-order valence-corrected chi connectivity index (χ1v) is 11.1. The van der Waals surface area contributed by atoms with Crippen molar-refractivity contribution in [1.82, 2.24) is 4.31 Å². The minimum atomic E-state index is -3.78. The van der Waals surface area contributed by atoms with Crippen LogP contribution in [0, 0.1) is 0 Å². The molecule has 1 fully saturated rings. The number of benzene rings is 2. The number of hydrogen-bond acceptors (Lipinski definition) is 6. The molecule has 2 aromatic carbocycles. The fourth-order valence-electron chi connectivity index (χ4n) is 2.95. The maximum Gasteiger partial charge on any atom is 0.342 e. The molecule has 2 aromatic rings. The first-order chi connectivity index (χ1) is 14.2. The lowest BCUT2D eigenvalue weighted by Gasteiger charge is -2.16. The molecule has 0 bridgehead atoms. The number of phenolic OH excluding ortho intramolecular Hbond substituents is 1. The van der Waals surface area contributed by atoms with Crippen molar-refractivity contribution in [3.8, 4) is 5.75 Å². The van der Waals surface area contributed by atoms with Crippen LogP contribution in [0.25, 0.3) is 0 Å². The molecule has 160 valence electrons. The van der Waals surface area contributed by atoms with Crippen LogP contribution in [-0.4, -0.2) is 49.4 Å². The zero-order valence-corrected chi connectivity index (χ0v) is 17.9. The molecule has 1 saturated heterocycles. The standard InChI is InChI=1S/C19H18Cl2N2O6S/c20-12-7-13(21)9-14(8-12)22-18(25)11-29-19(26)16-10-15(3-4-17(16)24)30(27,28)23-5-1-2-6-23/h3-4,7-10,24H,1-2,5-6,11H2,(H,22,25). The topological polar surface area (TPSA) is 113 Å². The van der Waals surface area contributed by atoms with Gasteiger partial charge in [0.15, 0.2) is 6.61 Å². The van der Waals surface area contributed by atoms with Gasteiger partial charge in [0.1, 0.15) is 11.3 Å². The average Bonchev–Trinajstić information content (AvgIpc) is 3.21. The lowest BCUT2D eigenvalue weighted by Crippen LogP contribution is -2.28. The van der Waals surface area contributed by atoms with Crippen LogP contribution >= 0.6 is 23.2 Å². The highest BCUT2D eigenvalue weighted by atomic mass is 35.5. The van der Waals surface area contributed by atoms with Crippen LogP contribution in [0.2, 0.25) is 10.0 Å². The Morgan fingerprint density at radius 1 is 1.07 bits per heavy atom. The Balaban J connectivity index is 1.68. The summed E-state index contributed by atoms with van der Waals surface area (Å²) in [5.74, 6) is -2.16. The number of carbonyl (C=O) groups is 2. The highest BCUT2D eigenvalue weighted by molar-refractivity contribution is 7.89. The van der Waals surface area contributed by atoms with Crippen LogP contribution in [0.1, 0.15) is 23.2 Å². The van der Waals surface area contributed by atoms with Crippen molar-refractivity contribution in [3.63, 3.8) is 0 Å². The van der Waals surface area contributed by atoms with E-state index >= 15 is 0 Å². The van der Waals surface area contributed by atoms with E-state index in [2.05, 4.69) is 5.32 Å². The molecule has 1 amide bonds. The molecule has 2 N–H and O–H groups in total. The summed E-state index contributed by atoms with van der Waals surface area (Å²) in [4.78, 5) is 24.2. The SMILES string of the molecule is O=C(COC(=O)c1cc(S(=O)(=O)N2CCCC2)ccc1O)Nc1cc(Cl)cc(Cl)c1. The van der Waals surface area contributed by atoms with Gasteiger partial charge in [0.2, 0.25) is 10.0 Å². The zero-order chi connectivity index (χ0) is 21.9. The van der Waals surface area contributed by atoms with Gasteiger partial charge in [0.25, 0.3) is 5.91 Å². The number of ether oxygens (including phenoxy) is 1. The van der Waals surface area contributed by atoms with E-state index in [0.717, 1.165) is 25.0 Å². The fraction of sp³-hybridized carbons (Fsp3) is 0.263. The van der Waals surface area contributed by atoms with Gasteiger partial charge >= 0.3 is 5.97 Å². The number of halogens is 2. The molecule has 0 aromatic heterocycles. The third kappa shape index (κ3) is 5.23. The van der Waals surface area contributed by atoms with E-state index in [1.165, 1.54) is 28.6 Å². The number of carbonyl (C=O) groups excluding carboxylic acids is 2. The second-order valence-corrected chi connectivity index (χ2v) is 9.38. The second kappa shape index (κ2) is 9.22. The summed E-state index contributed by atoms with van der Waals surface area (Å²) < 4.78 is 31.5. The van der Waals surface area contributed by atoms with Crippen molar-refractivity contribution in [3.05, 3.63) is 52.0 Å². The predicted octanol–water partition coefficient (Wildman–Crippen LogP) is 3.28. The average molecular weight is 473 g/mol. The number of aromatic hydroxyl groups is 1. The number of anilines is 1. The quantitative estimate of drug-likeness (QED) is 0.623. The van der Waals surface area contributed by atoms with Gasteiger partial charge in [-0.15, -0.1) is 0 Å². The Morgan fingerprint density at radius 3 is 2.33 bits per heavy atom. The molecular weight excluding hydrogens is 455 g/mol. The number of amides is 1. The summed E-state index contributed by atoms with van der Waals surface area (Å²) in [5.41, 5.74) is -0.0380. The van der Waals surface area contributed by atoms with E-state index in [1.807, 2.05) is 0 Å². The normalized spacial score (nSPS) is 14.5. The summed E-state index contributed by atoms with van der Waals surface area (Å²) in [5, 5.41) is 13.1. The number of rotatable bonds is 6. The van der Waals surface area contributed by atoms with E-state index in [0.29, 0.717) is 28.8 Å². The summed E-state index contributed by atoms with van der Waals surface area (Å²) in [7, 11) is -3.78. The van der Waals surface area contributed by atoms with Crippen molar-refractivity contribution in [1.29, 1.82) is 0 Å². The van der Waals surface area contributed by atoms with Crippen molar-refractivity contribution in [2.75, 3.05) is 25.0 Å². The van der Waals surface area contributed by atoms with Crippen LogP contribution in [0.15, 0.2) is 41.3 Å². The van der Waals surface area contributed by atoms with Crippen molar-refractivity contribution in [2.24, 2.45) is 0 Å². The largest absolute Gasteiger partial charge is 0.507 e. The molecule has 8 nitrogen and oxygen atoms in total. The van der Waals surface area contributed by atoms with Crippen LogP contribution in [0.3, 0.4) is 0 Å². The molecule has 3 rings (SSSR count). The summed E-state index contributed by atoms with van der Waals surface area (Å²) in [6, 6.07) is 7.78. The van der Waals surface area contributed by atoms with Gasteiger partial charge in [-0.2, -0.15) is 4.31 Å². The van der Waals surface area contributed by atoms with Crippen LogP contribution in [0.4, 0.5) is 5.69 Å². The minimum Gasteiger partial charge on any atom is -0.507 e. The zero-order valence-electron chi connectivity index (χ0n) is 15.6. The second-order valence-electron chi connectivity index (χ2n) is 6.57. The molecule has 1 heterocycles. The lowest BCUT2D eigenvalue weighted by atomic mass is 10.2. The molecule has 0 radical (unpaired) electrons. The van der Waals surface area contributed by atoms with Gasteiger partial charge < -0.3 is 15.2 Å². The van der Waals surface area contributed by atoms with Gasteiger partial charge in [-0.05, 0) is 49.2 Å². The van der Waals surface area contributed by atoms with E-state index in [4.69, 9.17) is 27.9 Å². The van der Waals surface area contributed by atoms with E-state index in [9.17, 15) is 23.1 Å². The highest BCUT2D eigenvalue weighted by Crippen LogP contribution is 2.26. The maximum atomic E-state index is 12.7. The molecular formula is C19H18Cl2N2O6S. The molecule has 0 saturated carbocycles. The summed E-state index contributed by atoms with van der Waals surface area (Å²) in [6.45, 7) is 0.138. The Morgan fingerprint density at radius 2 is 1.70 bits per heavy atom. The Labute approximate surface area is 183 Å². The molecule has 0 atom stereocenters. The van der Waals surface area contributed by atoms with Crippen LogP contribution < -0.4 is 5.32 Å². The predicted molar refractivity (Wildman–Crippen MR) is 111 cm³/mol. The Hall–Kier alpha value is -2.33. The van der Waals surface area contributed by atoms with E-state index < -0.39 is 34.3 Å². The maximum absolute atomic E-state index is 12.7. The number of esters is 1. The minimum absolute atomic E-state index is 0.132. The van der Waals surface area contributed by atoms with E-state index in [-0.39, 0.29) is 10.5 Å². The fourth-order valence-corrected chi connectivity index (χ4v) is 5.02. The smallest absolute Gasteiger partial charge is 0.342 e. The molecule has 1 aliphatic rings. The number of sulfonamides is 1. The van der Waals surface area contributed by atoms with Crippen molar-refractivity contribution < 1.29 is 27.9 Å². The Bertz CT molecular complexity index is 1060. The molecule has 0 spiro atoms. The van der Waals surface area contributed by atoms with Gasteiger partial charge in [0, 0.05) is 28.8 Å². The monoisotopic (exact) mass is 472 g/mol. The van der Waals surface area contributed by atoms with Gasteiger partial charge in [-0.3, -0.25) is 4.79 Å². The van der Waals surface area contributed by atoms with E-state index in [1.54, 1.807) is 0 Å². The number of hydrogen-bond donors (Lipinski definition) is 2. The van der Waals surface area contributed by atoms with Crippen LogP contribution in [-0.2, 0) is 19.6 Å². The van der Waals surface area contributed by atoms with Gasteiger partial charge in [-0.1, -0.05) is 23.2 Å². The number of phenols is 1. The first-order valence-electron chi connectivity index (χ1n) is 8.93. The first kappa shape index (κ1) is 22.4. The molecule has 30 heavy (non-hydrogen) atoms. The van der Waals surface area contributed by atoms with Crippen molar-refractivity contribution >= 4 is 50.8 Å². The molecule has 0 unspecified atom stereocenters. The van der Waals surface area contributed by atoms with Gasteiger partial charge in [0.05, 0.1) is 4.90 Å². The van der Waals surface area contributed by atoms with Gasteiger partial charge in [-0.25, -0.2) is 13.2 Å². The summed E-state index contributed by atoms with van der Waals surface area (Å²) in [6.07, 6.45) is 1.53. The number of nitrogens with one attached hydrogen (secondary N) is 1. The highest BCUT2D eigenvalue weighted by Gasteiger charge is 2.28. The molecule has 1 aliphatic heterocycles.